The van der Waals surface area contributed by atoms with Crippen LogP contribution in [-0.4, -0.2) is 20.9 Å². The van der Waals surface area contributed by atoms with Crippen LogP contribution in [0.5, 0.6) is 0 Å². The van der Waals surface area contributed by atoms with E-state index in [0.717, 1.165) is 16.3 Å². The van der Waals surface area contributed by atoms with Crippen LogP contribution in [0.15, 0.2) is 28.9 Å². The Labute approximate surface area is 136 Å². The predicted molar refractivity (Wildman–Crippen MR) is 87.1 cm³/mol. The topological polar surface area (TPSA) is 92.9 Å². The minimum absolute atomic E-state index is 0.343. The third-order valence-electron chi connectivity index (χ3n) is 3.01. The van der Waals surface area contributed by atoms with Crippen molar-refractivity contribution < 1.29 is 9.21 Å². The van der Waals surface area contributed by atoms with Crippen LogP contribution in [0, 0.1) is 20.8 Å². The van der Waals surface area contributed by atoms with Gasteiger partial charge in [0.2, 0.25) is 5.95 Å². The highest BCUT2D eigenvalue weighted by Crippen LogP contribution is 2.27. The van der Waals surface area contributed by atoms with Crippen molar-refractivity contribution in [3.8, 4) is 10.8 Å². The van der Waals surface area contributed by atoms with Crippen molar-refractivity contribution in [3.05, 3.63) is 46.4 Å². The van der Waals surface area contributed by atoms with Crippen LogP contribution in [0.3, 0.4) is 0 Å². The number of hydrazine groups is 1. The molecule has 0 aliphatic rings. The molecule has 0 aliphatic carbocycles. The second-order valence-electron chi connectivity index (χ2n) is 4.95. The van der Waals surface area contributed by atoms with E-state index >= 15 is 0 Å². The monoisotopic (exact) mass is 329 g/mol. The molecule has 0 aliphatic heterocycles. The van der Waals surface area contributed by atoms with Gasteiger partial charge in [-0.15, -0.1) is 11.3 Å². The minimum Gasteiger partial charge on any atom is -0.462 e. The summed E-state index contributed by atoms with van der Waals surface area (Å²) in [6.07, 6.45) is 1.57. The van der Waals surface area contributed by atoms with Gasteiger partial charge in [-0.1, -0.05) is 0 Å². The summed E-state index contributed by atoms with van der Waals surface area (Å²) in [5, 5.41) is 0.667. The first-order valence-corrected chi connectivity index (χ1v) is 7.74. The van der Waals surface area contributed by atoms with Crippen molar-refractivity contribution in [1.82, 2.24) is 20.4 Å². The number of furan rings is 1. The van der Waals surface area contributed by atoms with Crippen molar-refractivity contribution in [1.29, 1.82) is 0 Å². The standard InChI is InChI=1S/C15H15N5O2S/c1-8-7-9(2)17-15(16-8)20-19-13(21)12-10(3)23-14(18-12)11-5-4-6-22-11/h4-7H,1-3H3,(H,19,21)(H,16,17,20). The number of aromatic nitrogens is 3. The van der Waals surface area contributed by atoms with Crippen LogP contribution in [0.4, 0.5) is 5.95 Å². The van der Waals surface area contributed by atoms with Gasteiger partial charge in [0, 0.05) is 16.3 Å². The number of carbonyl (C=O) groups excluding carboxylic acids is 1. The number of amides is 1. The maximum absolute atomic E-state index is 12.3. The average molecular weight is 329 g/mol. The van der Waals surface area contributed by atoms with Crippen LogP contribution in [-0.2, 0) is 0 Å². The fourth-order valence-corrected chi connectivity index (χ4v) is 2.95. The van der Waals surface area contributed by atoms with E-state index in [9.17, 15) is 4.79 Å². The highest BCUT2D eigenvalue weighted by molar-refractivity contribution is 7.15. The number of anilines is 1. The van der Waals surface area contributed by atoms with Crippen molar-refractivity contribution in [2.45, 2.75) is 20.8 Å². The maximum atomic E-state index is 12.3. The molecule has 0 radical (unpaired) electrons. The summed E-state index contributed by atoms with van der Waals surface area (Å²) in [6, 6.07) is 5.44. The zero-order valence-electron chi connectivity index (χ0n) is 12.9. The first-order valence-electron chi connectivity index (χ1n) is 6.93. The molecule has 3 aromatic rings. The molecule has 118 valence electrons. The van der Waals surface area contributed by atoms with Gasteiger partial charge in [0.15, 0.2) is 10.8 Å². The molecule has 0 aromatic carbocycles. The fourth-order valence-electron chi connectivity index (χ4n) is 2.07. The van der Waals surface area contributed by atoms with Gasteiger partial charge in [0.05, 0.1) is 6.26 Å². The van der Waals surface area contributed by atoms with E-state index in [1.807, 2.05) is 32.9 Å². The molecule has 8 heteroatoms. The minimum atomic E-state index is -0.348. The van der Waals surface area contributed by atoms with Gasteiger partial charge in [-0.3, -0.25) is 15.6 Å². The second-order valence-corrected chi connectivity index (χ2v) is 6.16. The Morgan fingerprint density at radius 1 is 1.17 bits per heavy atom. The molecule has 3 heterocycles. The Balaban J connectivity index is 1.73. The van der Waals surface area contributed by atoms with Gasteiger partial charge in [-0.2, -0.15) is 0 Å². The number of rotatable bonds is 4. The Morgan fingerprint density at radius 3 is 2.57 bits per heavy atom. The summed E-state index contributed by atoms with van der Waals surface area (Å²) in [6.45, 7) is 5.57. The van der Waals surface area contributed by atoms with Crippen molar-refractivity contribution in [2.24, 2.45) is 0 Å². The first kappa shape index (κ1) is 15.2. The average Bonchev–Trinajstić information content (AvgIpc) is 3.13. The van der Waals surface area contributed by atoms with E-state index in [1.165, 1.54) is 11.3 Å². The number of nitrogens with one attached hydrogen (secondary N) is 2. The molecule has 2 N–H and O–H groups in total. The van der Waals surface area contributed by atoms with Crippen LogP contribution in [0.25, 0.3) is 10.8 Å². The summed E-state index contributed by atoms with van der Waals surface area (Å²) >= 11 is 1.40. The summed E-state index contributed by atoms with van der Waals surface area (Å²) in [4.78, 5) is 25.8. The Morgan fingerprint density at radius 2 is 1.91 bits per heavy atom. The Kier molecular flexibility index (Phi) is 4.07. The van der Waals surface area contributed by atoms with Crippen molar-refractivity contribution in [2.75, 3.05) is 5.43 Å². The number of aryl methyl sites for hydroxylation is 3. The second kappa shape index (κ2) is 6.17. The van der Waals surface area contributed by atoms with Crippen LogP contribution in [0.1, 0.15) is 26.8 Å². The molecule has 0 spiro atoms. The number of thiazole rings is 1. The lowest BCUT2D eigenvalue weighted by Gasteiger charge is -2.07. The maximum Gasteiger partial charge on any atom is 0.289 e. The van der Waals surface area contributed by atoms with E-state index < -0.39 is 0 Å². The molecule has 7 nitrogen and oxygen atoms in total. The molecule has 3 aromatic heterocycles. The Bertz CT molecular complexity index is 821. The summed E-state index contributed by atoms with van der Waals surface area (Å²) in [5.41, 5.74) is 7.27. The highest BCUT2D eigenvalue weighted by Gasteiger charge is 2.17. The van der Waals surface area contributed by atoms with Gasteiger partial charge in [0.25, 0.3) is 5.91 Å². The molecule has 1 amide bonds. The first-order chi connectivity index (χ1) is 11.0. The molecule has 0 unspecified atom stereocenters. The number of carbonyl (C=O) groups is 1. The zero-order valence-corrected chi connectivity index (χ0v) is 13.7. The van der Waals surface area contributed by atoms with Gasteiger partial charge in [0.1, 0.15) is 5.69 Å². The zero-order chi connectivity index (χ0) is 16.4. The van der Waals surface area contributed by atoms with Crippen LogP contribution in [0.2, 0.25) is 0 Å². The van der Waals surface area contributed by atoms with E-state index in [0.29, 0.717) is 22.4 Å². The third-order valence-corrected chi connectivity index (χ3v) is 4.00. The summed E-state index contributed by atoms with van der Waals surface area (Å²) in [5.74, 6) is 0.636. The highest BCUT2D eigenvalue weighted by atomic mass is 32.1. The smallest absolute Gasteiger partial charge is 0.289 e. The van der Waals surface area contributed by atoms with Gasteiger partial charge < -0.3 is 4.42 Å². The van der Waals surface area contributed by atoms with Crippen LogP contribution < -0.4 is 10.9 Å². The largest absolute Gasteiger partial charge is 0.462 e. The molecule has 0 saturated carbocycles. The van der Waals surface area contributed by atoms with Gasteiger partial charge in [-0.05, 0) is 39.0 Å². The molecule has 3 rings (SSSR count). The van der Waals surface area contributed by atoms with Crippen LogP contribution >= 0.6 is 11.3 Å². The molecule has 0 fully saturated rings. The van der Waals surface area contributed by atoms with Crippen molar-refractivity contribution in [3.63, 3.8) is 0 Å². The number of hydrogen-bond acceptors (Lipinski definition) is 7. The lowest BCUT2D eigenvalue weighted by Crippen LogP contribution is -2.31. The molecule has 23 heavy (non-hydrogen) atoms. The molecular weight excluding hydrogens is 314 g/mol. The quantitative estimate of drug-likeness (QED) is 0.715. The van der Waals surface area contributed by atoms with Gasteiger partial charge >= 0.3 is 0 Å². The molecule has 0 saturated heterocycles. The fraction of sp³-hybridized carbons (Fsp3) is 0.200. The molecule has 0 bridgehead atoms. The SMILES string of the molecule is Cc1cc(C)nc(NNC(=O)c2nc(-c3ccco3)sc2C)n1. The van der Waals surface area contributed by atoms with E-state index in [-0.39, 0.29) is 5.91 Å². The van der Waals surface area contributed by atoms with Crippen molar-refractivity contribution >= 4 is 23.2 Å². The van der Waals surface area contributed by atoms with Gasteiger partial charge in [-0.25, -0.2) is 15.0 Å². The molecule has 0 atom stereocenters. The third kappa shape index (κ3) is 3.37. The number of hydrogen-bond donors (Lipinski definition) is 2. The van der Waals surface area contributed by atoms with E-state index in [4.69, 9.17) is 4.42 Å². The summed E-state index contributed by atoms with van der Waals surface area (Å²) in [7, 11) is 0. The number of nitrogens with zero attached hydrogens (tertiary/aromatic N) is 3. The van der Waals surface area contributed by atoms with E-state index in [1.54, 1.807) is 12.3 Å². The van der Waals surface area contributed by atoms with E-state index in [2.05, 4.69) is 25.8 Å². The normalized spacial score (nSPS) is 10.6. The molecular formula is C15H15N5O2S. The predicted octanol–water partition coefficient (Wildman–Crippen LogP) is 2.88. The lowest BCUT2D eigenvalue weighted by molar-refractivity contribution is 0.0957. The lowest BCUT2D eigenvalue weighted by atomic mass is 10.3. The Hall–Kier alpha value is -2.74. The summed E-state index contributed by atoms with van der Waals surface area (Å²) < 4.78 is 5.30.